The molecule has 182 valence electrons. The molecule has 0 bridgehead atoms. The first kappa shape index (κ1) is 23.1. The quantitative estimate of drug-likeness (QED) is 0.491. The Morgan fingerprint density at radius 3 is 2.83 bits per heavy atom. The lowest BCUT2D eigenvalue weighted by Gasteiger charge is -2.31. The molecule has 3 aromatic rings. The average Bonchev–Trinajstić information content (AvgIpc) is 3.35. The van der Waals surface area contributed by atoms with Gasteiger partial charge in [-0.1, -0.05) is 42.0 Å². The highest BCUT2D eigenvalue weighted by Crippen LogP contribution is 2.36. The summed E-state index contributed by atoms with van der Waals surface area (Å²) in [6.07, 6.45) is 1.67. The topological polar surface area (TPSA) is 91.3 Å². The van der Waals surface area contributed by atoms with Crippen molar-refractivity contribution in [1.29, 1.82) is 0 Å². The van der Waals surface area contributed by atoms with Crippen LogP contribution in [0.1, 0.15) is 39.0 Å². The van der Waals surface area contributed by atoms with Crippen molar-refractivity contribution in [2.75, 3.05) is 25.1 Å². The number of aromatic hydroxyl groups is 2. The molecule has 2 heterocycles. The van der Waals surface area contributed by atoms with E-state index in [0.29, 0.717) is 19.7 Å². The van der Waals surface area contributed by atoms with Gasteiger partial charge in [-0.25, -0.2) is 0 Å². The Bertz CT molecular complexity index is 1240. The summed E-state index contributed by atoms with van der Waals surface area (Å²) < 4.78 is 11.4. The van der Waals surface area contributed by atoms with Gasteiger partial charge >= 0.3 is 0 Å². The van der Waals surface area contributed by atoms with E-state index in [0.717, 1.165) is 41.8 Å². The van der Waals surface area contributed by atoms with Crippen LogP contribution in [-0.4, -0.2) is 46.8 Å². The van der Waals surface area contributed by atoms with Crippen molar-refractivity contribution < 1.29 is 24.5 Å². The highest BCUT2D eigenvalue weighted by molar-refractivity contribution is 6.00. The first-order valence-corrected chi connectivity index (χ1v) is 12.0. The van der Waals surface area contributed by atoms with Gasteiger partial charge in [-0.2, -0.15) is 0 Å². The van der Waals surface area contributed by atoms with Crippen LogP contribution in [0.2, 0.25) is 0 Å². The van der Waals surface area contributed by atoms with E-state index in [-0.39, 0.29) is 41.4 Å². The molecule has 5 rings (SSSR count). The molecular formula is C28H30N2O5. The second kappa shape index (κ2) is 9.88. The smallest absolute Gasteiger partial charge is 0.261 e. The van der Waals surface area contributed by atoms with E-state index in [1.807, 2.05) is 43.3 Å². The van der Waals surface area contributed by atoms with Gasteiger partial charge in [0.1, 0.15) is 29.4 Å². The molecule has 1 fully saturated rings. The van der Waals surface area contributed by atoms with Crippen molar-refractivity contribution in [3.63, 3.8) is 0 Å². The van der Waals surface area contributed by atoms with Gasteiger partial charge in [-0.3, -0.25) is 4.79 Å². The van der Waals surface area contributed by atoms with E-state index < -0.39 is 0 Å². The minimum absolute atomic E-state index is 0.0635. The number of carbonyl (C=O) groups excluding carboxylic acids is 1. The number of fused-ring (bicyclic) bond motifs is 1. The van der Waals surface area contributed by atoms with Crippen LogP contribution in [0.4, 0.5) is 5.69 Å². The third kappa shape index (κ3) is 5.05. The lowest BCUT2D eigenvalue weighted by atomic mass is 9.96. The Balaban J connectivity index is 1.39. The van der Waals surface area contributed by atoms with E-state index in [1.165, 1.54) is 17.7 Å². The molecule has 3 aromatic carbocycles. The van der Waals surface area contributed by atoms with Crippen LogP contribution in [0.3, 0.4) is 0 Å². The molecule has 0 spiro atoms. The maximum absolute atomic E-state index is 13.6. The van der Waals surface area contributed by atoms with Gasteiger partial charge < -0.3 is 29.9 Å². The highest BCUT2D eigenvalue weighted by atomic mass is 16.5. The van der Waals surface area contributed by atoms with Crippen molar-refractivity contribution in [2.24, 2.45) is 0 Å². The number of hydrogen-bond donors (Lipinski definition) is 3. The van der Waals surface area contributed by atoms with Crippen molar-refractivity contribution in [2.45, 2.75) is 39.0 Å². The molecule has 1 amide bonds. The van der Waals surface area contributed by atoms with E-state index in [2.05, 4.69) is 11.4 Å². The number of nitrogens with zero attached hydrogens (tertiary/aromatic N) is 1. The third-order valence-corrected chi connectivity index (χ3v) is 6.61. The number of nitrogens with one attached hydrogen (secondary N) is 1. The predicted octanol–water partition coefficient (Wildman–Crippen LogP) is 4.38. The fourth-order valence-electron chi connectivity index (χ4n) is 4.79. The van der Waals surface area contributed by atoms with Crippen LogP contribution < -0.4 is 10.1 Å². The summed E-state index contributed by atoms with van der Waals surface area (Å²) in [5, 5.41) is 24.3. The molecule has 35 heavy (non-hydrogen) atoms. The molecule has 2 aliphatic heterocycles. The molecule has 0 unspecified atom stereocenters. The Morgan fingerprint density at radius 1 is 1.17 bits per heavy atom. The summed E-state index contributed by atoms with van der Waals surface area (Å²) in [5.41, 5.74) is 5.41. The van der Waals surface area contributed by atoms with Gasteiger partial charge in [0.2, 0.25) is 0 Å². The number of rotatable bonds is 6. The number of anilines is 1. The second-order valence-corrected chi connectivity index (χ2v) is 9.24. The molecule has 3 N–H and O–H groups in total. The average molecular weight is 475 g/mol. The molecular weight excluding hydrogens is 444 g/mol. The molecule has 0 aliphatic carbocycles. The highest BCUT2D eigenvalue weighted by Gasteiger charge is 2.29. The largest absolute Gasteiger partial charge is 0.508 e. The van der Waals surface area contributed by atoms with Gasteiger partial charge in [0.25, 0.3) is 5.91 Å². The molecule has 1 atom stereocenters. The maximum atomic E-state index is 13.6. The minimum Gasteiger partial charge on any atom is -0.508 e. The number of hydrogen-bond acceptors (Lipinski definition) is 6. The Morgan fingerprint density at radius 2 is 2.03 bits per heavy atom. The number of phenols is 2. The van der Waals surface area contributed by atoms with Crippen LogP contribution in [0.25, 0.3) is 0 Å². The molecule has 7 nitrogen and oxygen atoms in total. The van der Waals surface area contributed by atoms with Gasteiger partial charge in [0, 0.05) is 37.5 Å². The van der Waals surface area contributed by atoms with Crippen LogP contribution in [-0.2, 0) is 24.3 Å². The number of phenolic OH excluding ortho intramolecular Hbond substituents is 2. The van der Waals surface area contributed by atoms with E-state index in [1.54, 1.807) is 4.90 Å². The minimum atomic E-state index is -0.327. The summed E-state index contributed by atoms with van der Waals surface area (Å²) >= 11 is 0. The lowest BCUT2D eigenvalue weighted by molar-refractivity contribution is 0.0726. The van der Waals surface area contributed by atoms with Gasteiger partial charge in [0.15, 0.2) is 0 Å². The third-order valence-electron chi connectivity index (χ3n) is 6.61. The van der Waals surface area contributed by atoms with Crippen molar-refractivity contribution in [3.05, 3.63) is 82.4 Å². The number of ether oxygens (including phenoxy) is 2. The Hall–Kier alpha value is -3.71. The maximum Gasteiger partial charge on any atom is 0.261 e. The first-order valence-electron chi connectivity index (χ1n) is 12.0. The number of aryl methyl sites for hydroxylation is 1. The van der Waals surface area contributed by atoms with Crippen molar-refractivity contribution in [3.8, 4) is 17.2 Å². The molecule has 0 saturated carbocycles. The fraction of sp³-hybridized carbons (Fsp3) is 0.321. The van der Waals surface area contributed by atoms with Gasteiger partial charge in [-0.15, -0.1) is 0 Å². The van der Waals surface area contributed by atoms with Gasteiger partial charge in [-0.05, 0) is 42.5 Å². The zero-order valence-corrected chi connectivity index (χ0v) is 19.8. The first-order chi connectivity index (χ1) is 17.0. The summed E-state index contributed by atoms with van der Waals surface area (Å²) in [5.74, 6) is -0.622. The number of carbonyl (C=O) groups is 1. The van der Waals surface area contributed by atoms with E-state index >= 15 is 0 Å². The van der Waals surface area contributed by atoms with Crippen LogP contribution in [0, 0.1) is 6.92 Å². The lowest BCUT2D eigenvalue weighted by Crippen LogP contribution is -2.37. The Kier molecular flexibility index (Phi) is 6.51. The molecule has 2 aliphatic rings. The standard InChI is InChI=1S/C28H30N2O5/c1-18-4-2-5-19(12-18)16-35-26-14-22(31)13-25(32)27(26)28(33)30-10-8-20-6-3-7-24(23(20)15-30)29-21-9-11-34-17-21/h2-7,12-14,21,29,31-32H,8-11,15-17H2,1H3/t21-/m0/s1. The fourth-order valence-corrected chi connectivity index (χ4v) is 4.79. The summed E-state index contributed by atoms with van der Waals surface area (Å²) in [6, 6.07) is 16.9. The second-order valence-electron chi connectivity index (χ2n) is 9.24. The normalized spacial score (nSPS) is 17.2. The summed E-state index contributed by atoms with van der Waals surface area (Å²) in [4.78, 5) is 15.4. The van der Waals surface area contributed by atoms with Crippen LogP contribution in [0.5, 0.6) is 17.2 Å². The number of benzene rings is 3. The van der Waals surface area contributed by atoms with E-state index in [9.17, 15) is 15.0 Å². The molecule has 0 radical (unpaired) electrons. The van der Waals surface area contributed by atoms with Crippen molar-refractivity contribution >= 4 is 11.6 Å². The SMILES string of the molecule is Cc1cccc(COc2cc(O)cc(O)c2C(=O)N2CCc3cccc(N[C@H]4CCOC4)c3C2)c1. The summed E-state index contributed by atoms with van der Waals surface area (Å²) in [7, 11) is 0. The summed E-state index contributed by atoms with van der Waals surface area (Å²) in [6.45, 7) is 4.58. The van der Waals surface area contributed by atoms with Crippen LogP contribution >= 0.6 is 0 Å². The Labute approximate surface area is 204 Å². The monoisotopic (exact) mass is 474 g/mol. The molecule has 1 saturated heterocycles. The van der Waals surface area contributed by atoms with Crippen molar-refractivity contribution in [1.82, 2.24) is 4.90 Å². The molecule has 0 aromatic heterocycles. The zero-order chi connectivity index (χ0) is 24.4. The number of amides is 1. The zero-order valence-electron chi connectivity index (χ0n) is 19.8. The van der Waals surface area contributed by atoms with Crippen LogP contribution in [0.15, 0.2) is 54.6 Å². The molecule has 7 heteroatoms. The van der Waals surface area contributed by atoms with E-state index in [4.69, 9.17) is 9.47 Å². The predicted molar refractivity (Wildman–Crippen MR) is 133 cm³/mol. The van der Waals surface area contributed by atoms with Gasteiger partial charge in [0.05, 0.1) is 12.6 Å².